The van der Waals surface area contributed by atoms with Crippen molar-refractivity contribution in [3.05, 3.63) is 76.3 Å². The van der Waals surface area contributed by atoms with Crippen LogP contribution in [0, 0.1) is 19.7 Å². The molecule has 0 aliphatic rings. The van der Waals surface area contributed by atoms with Gasteiger partial charge in [0, 0.05) is 15.8 Å². The molecular formula is C20H17FN2O3S. The van der Waals surface area contributed by atoms with Crippen LogP contribution in [0.15, 0.2) is 53.0 Å². The molecule has 2 aromatic heterocycles. The second-order valence-corrected chi connectivity index (χ2v) is 6.93. The van der Waals surface area contributed by atoms with E-state index < -0.39 is 11.8 Å². The molecule has 7 heteroatoms. The summed E-state index contributed by atoms with van der Waals surface area (Å²) in [5, 5.41) is 0. The summed E-state index contributed by atoms with van der Waals surface area (Å²) in [6, 6.07) is 11.6. The van der Waals surface area contributed by atoms with E-state index >= 15 is 0 Å². The molecule has 2 heterocycles. The lowest BCUT2D eigenvalue weighted by Gasteiger charge is -2.03. The first kappa shape index (κ1) is 18.6. The Morgan fingerprint density at radius 3 is 2.48 bits per heavy atom. The molecular weight excluding hydrogens is 367 g/mol. The topological polar surface area (TPSA) is 71.3 Å². The Labute approximate surface area is 159 Å². The van der Waals surface area contributed by atoms with Crippen molar-refractivity contribution >= 4 is 29.2 Å². The molecule has 0 saturated carbocycles. The van der Waals surface area contributed by atoms with E-state index in [-0.39, 0.29) is 5.82 Å². The summed E-state index contributed by atoms with van der Waals surface area (Å²) in [6.45, 7) is 3.42. The van der Waals surface area contributed by atoms with Crippen molar-refractivity contribution in [3.63, 3.8) is 0 Å². The fourth-order valence-corrected chi connectivity index (χ4v) is 3.37. The van der Waals surface area contributed by atoms with Crippen LogP contribution in [-0.4, -0.2) is 11.8 Å². The van der Waals surface area contributed by atoms with Gasteiger partial charge in [-0.25, -0.2) is 4.39 Å². The molecule has 27 heavy (non-hydrogen) atoms. The number of nitrogens with one attached hydrogen (secondary N) is 2. The summed E-state index contributed by atoms with van der Waals surface area (Å²) in [4.78, 5) is 25.7. The number of furan rings is 1. The fourth-order valence-electron chi connectivity index (χ4n) is 2.45. The highest BCUT2D eigenvalue weighted by molar-refractivity contribution is 7.16. The summed E-state index contributed by atoms with van der Waals surface area (Å²) in [6.07, 6.45) is 2.97. The van der Waals surface area contributed by atoms with E-state index in [4.69, 9.17) is 4.42 Å². The van der Waals surface area contributed by atoms with Crippen LogP contribution in [0.4, 0.5) is 4.39 Å². The maximum absolute atomic E-state index is 13.0. The van der Waals surface area contributed by atoms with Gasteiger partial charge in [0.05, 0.1) is 5.56 Å². The zero-order chi connectivity index (χ0) is 19.4. The minimum atomic E-state index is -0.460. The largest absolute Gasteiger partial charge is 0.466 e. The van der Waals surface area contributed by atoms with Crippen LogP contribution in [-0.2, 0) is 4.79 Å². The monoisotopic (exact) mass is 384 g/mol. The number of amides is 2. The van der Waals surface area contributed by atoms with Crippen molar-refractivity contribution in [2.24, 2.45) is 0 Å². The van der Waals surface area contributed by atoms with Crippen LogP contribution in [0.25, 0.3) is 16.5 Å². The predicted molar refractivity (Wildman–Crippen MR) is 103 cm³/mol. The predicted octanol–water partition coefficient (Wildman–Crippen LogP) is 4.24. The van der Waals surface area contributed by atoms with Gasteiger partial charge in [0.2, 0.25) is 0 Å². The molecule has 2 N–H and O–H groups in total. The van der Waals surface area contributed by atoms with E-state index in [9.17, 15) is 14.0 Å². The molecule has 3 rings (SSSR count). The SMILES string of the molecule is Cc1cc(C(=O)NNC(=O)/C=C/c2ccc(-c3ccc(F)cc3)s2)c(C)o1. The number of hydrazine groups is 1. The molecule has 0 aliphatic heterocycles. The number of carbonyl (C=O) groups excluding carboxylic acids is 2. The Morgan fingerprint density at radius 2 is 1.81 bits per heavy atom. The molecule has 0 saturated heterocycles. The van der Waals surface area contributed by atoms with Gasteiger partial charge in [0.1, 0.15) is 17.3 Å². The van der Waals surface area contributed by atoms with Gasteiger partial charge in [-0.2, -0.15) is 0 Å². The first-order valence-electron chi connectivity index (χ1n) is 8.13. The summed E-state index contributed by atoms with van der Waals surface area (Å²) < 4.78 is 18.3. The van der Waals surface area contributed by atoms with Crippen molar-refractivity contribution in [2.75, 3.05) is 0 Å². The van der Waals surface area contributed by atoms with Crippen LogP contribution in [0.1, 0.15) is 26.8 Å². The molecule has 0 aliphatic carbocycles. The van der Waals surface area contributed by atoms with E-state index in [1.165, 1.54) is 29.5 Å². The number of halogens is 1. The van der Waals surface area contributed by atoms with Gasteiger partial charge in [-0.15, -0.1) is 11.3 Å². The third-order valence-corrected chi connectivity index (χ3v) is 4.84. The van der Waals surface area contributed by atoms with E-state index in [0.717, 1.165) is 15.3 Å². The van der Waals surface area contributed by atoms with Crippen molar-refractivity contribution in [1.29, 1.82) is 0 Å². The average Bonchev–Trinajstić information content (AvgIpc) is 3.24. The van der Waals surface area contributed by atoms with Crippen molar-refractivity contribution < 1.29 is 18.4 Å². The third kappa shape index (κ3) is 4.71. The molecule has 0 radical (unpaired) electrons. The lowest BCUT2D eigenvalue weighted by Crippen LogP contribution is -2.40. The zero-order valence-corrected chi connectivity index (χ0v) is 15.5. The maximum atomic E-state index is 13.0. The molecule has 3 aromatic rings. The maximum Gasteiger partial charge on any atom is 0.273 e. The number of aryl methyl sites for hydroxylation is 2. The van der Waals surface area contributed by atoms with Gasteiger partial charge in [0.25, 0.3) is 11.8 Å². The molecule has 0 unspecified atom stereocenters. The minimum absolute atomic E-state index is 0.282. The van der Waals surface area contributed by atoms with Gasteiger partial charge in [-0.1, -0.05) is 12.1 Å². The highest BCUT2D eigenvalue weighted by Crippen LogP contribution is 2.28. The van der Waals surface area contributed by atoms with E-state index in [0.29, 0.717) is 17.1 Å². The van der Waals surface area contributed by atoms with Crippen LogP contribution in [0.3, 0.4) is 0 Å². The number of benzene rings is 1. The van der Waals surface area contributed by atoms with E-state index in [1.807, 2.05) is 12.1 Å². The lowest BCUT2D eigenvalue weighted by molar-refractivity contribution is -0.117. The molecule has 0 atom stereocenters. The number of rotatable bonds is 4. The highest BCUT2D eigenvalue weighted by Gasteiger charge is 2.13. The molecule has 5 nitrogen and oxygen atoms in total. The van der Waals surface area contributed by atoms with E-state index in [1.54, 1.807) is 38.1 Å². The van der Waals surface area contributed by atoms with Gasteiger partial charge in [-0.05, 0) is 55.8 Å². The second-order valence-electron chi connectivity index (χ2n) is 5.81. The van der Waals surface area contributed by atoms with Gasteiger partial charge >= 0.3 is 0 Å². The Morgan fingerprint density at radius 1 is 1.07 bits per heavy atom. The summed E-state index contributed by atoms with van der Waals surface area (Å²) >= 11 is 1.47. The average molecular weight is 384 g/mol. The normalized spacial score (nSPS) is 10.9. The van der Waals surface area contributed by atoms with Crippen LogP contribution in [0.5, 0.6) is 0 Å². The molecule has 0 bridgehead atoms. The van der Waals surface area contributed by atoms with Gasteiger partial charge in [0.15, 0.2) is 0 Å². The molecule has 0 fully saturated rings. The Balaban J connectivity index is 1.56. The first-order valence-corrected chi connectivity index (χ1v) is 8.95. The molecule has 1 aromatic carbocycles. The third-order valence-electron chi connectivity index (χ3n) is 3.74. The standard InChI is InChI=1S/C20H17FN2O3S/c1-12-11-17(13(2)26-12)20(25)23-22-19(24)10-8-16-7-9-18(27-16)14-3-5-15(21)6-4-14/h3-11H,1-2H3,(H,22,24)(H,23,25)/b10-8+. The number of thiophene rings is 1. The van der Waals surface area contributed by atoms with Crippen molar-refractivity contribution in [2.45, 2.75) is 13.8 Å². The highest BCUT2D eigenvalue weighted by atomic mass is 32.1. The summed E-state index contributed by atoms with van der Waals surface area (Å²) in [5.41, 5.74) is 5.95. The Kier molecular flexibility index (Phi) is 5.52. The molecule has 0 spiro atoms. The van der Waals surface area contributed by atoms with Crippen LogP contribution < -0.4 is 10.9 Å². The summed E-state index contributed by atoms with van der Waals surface area (Å²) in [7, 11) is 0. The number of hydrogen-bond acceptors (Lipinski definition) is 4. The fraction of sp³-hybridized carbons (Fsp3) is 0.100. The van der Waals surface area contributed by atoms with E-state index in [2.05, 4.69) is 10.9 Å². The van der Waals surface area contributed by atoms with Crippen molar-refractivity contribution in [3.8, 4) is 10.4 Å². The number of hydrogen-bond donors (Lipinski definition) is 2. The smallest absolute Gasteiger partial charge is 0.273 e. The van der Waals surface area contributed by atoms with Crippen LogP contribution in [0.2, 0.25) is 0 Å². The summed E-state index contributed by atoms with van der Waals surface area (Å²) in [5.74, 6) is -0.0751. The lowest BCUT2D eigenvalue weighted by atomic mass is 10.2. The Bertz CT molecular complexity index is 1000. The quantitative estimate of drug-likeness (QED) is 0.522. The minimum Gasteiger partial charge on any atom is -0.466 e. The molecule has 2 amide bonds. The van der Waals surface area contributed by atoms with Gasteiger partial charge in [-0.3, -0.25) is 20.4 Å². The second kappa shape index (κ2) is 8.01. The number of carbonyl (C=O) groups is 2. The Hall–Kier alpha value is -3.19. The molecule has 138 valence electrons. The van der Waals surface area contributed by atoms with Gasteiger partial charge < -0.3 is 4.42 Å². The first-order chi connectivity index (χ1) is 12.9. The zero-order valence-electron chi connectivity index (χ0n) is 14.7. The van der Waals surface area contributed by atoms with Crippen LogP contribution >= 0.6 is 11.3 Å². The van der Waals surface area contributed by atoms with Crippen molar-refractivity contribution in [1.82, 2.24) is 10.9 Å².